The van der Waals surface area contributed by atoms with Gasteiger partial charge in [-0.15, -0.1) is 0 Å². The zero-order valence-corrected chi connectivity index (χ0v) is 16.6. The third kappa shape index (κ3) is 11.1. The lowest BCUT2D eigenvalue weighted by Gasteiger charge is -2.09. The maximum absolute atomic E-state index is 11.7. The highest BCUT2D eigenvalue weighted by molar-refractivity contribution is 6.30. The number of aryl methyl sites for hydroxylation is 1. The molecule has 3 nitrogen and oxygen atoms in total. The number of carbonyl (C=O) groups excluding carboxylic acids is 1. The van der Waals surface area contributed by atoms with Crippen LogP contribution in [0.25, 0.3) is 0 Å². The Hall–Kier alpha value is -1.22. The molecule has 1 aromatic rings. The molecule has 0 aliphatic rings. The zero-order valence-electron chi connectivity index (χ0n) is 15.8. The molecule has 0 spiro atoms. The Morgan fingerprint density at radius 2 is 1.64 bits per heavy atom. The number of carbonyl (C=O) groups is 1. The van der Waals surface area contributed by atoms with E-state index in [1.807, 2.05) is 25.1 Å². The normalized spacial score (nSPS) is 10.7. The molecule has 0 fully saturated rings. The first-order chi connectivity index (χ1) is 12.1. The van der Waals surface area contributed by atoms with Crippen molar-refractivity contribution < 1.29 is 14.3 Å². The summed E-state index contributed by atoms with van der Waals surface area (Å²) in [4.78, 5) is 11.7. The number of unbranched alkanes of at least 4 members (excludes halogenated alkanes) is 7. The predicted molar refractivity (Wildman–Crippen MR) is 104 cm³/mol. The number of ether oxygens (including phenoxy) is 2. The summed E-state index contributed by atoms with van der Waals surface area (Å²) >= 11 is 5.91. The molecule has 0 aliphatic heterocycles. The highest BCUT2D eigenvalue weighted by Gasteiger charge is 2.04. The zero-order chi connectivity index (χ0) is 18.3. The molecular formula is C21H33ClO3. The minimum atomic E-state index is -0.126. The average molecular weight is 369 g/mol. The van der Waals surface area contributed by atoms with Crippen molar-refractivity contribution in [3.8, 4) is 5.75 Å². The smallest absolute Gasteiger partial charge is 0.305 e. The molecule has 4 heteroatoms. The van der Waals surface area contributed by atoms with E-state index < -0.39 is 0 Å². The van der Waals surface area contributed by atoms with Gasteiger partial charge in [0.1, 0.15) is 5.75 Å². The summed E-state index contributed by atoms with van der Waals surface area (Å²) in [6.07, 6.45) is 11.1. The van der Waals surface area contributed by atoms with Gasteiger partial charge in [0.25, 0.3) is 0 Å². The number of benzene rings is 1. The van der Waals surface area contributed by atoms with Gasteiger partial charge in [-0.1, -0.05) is 63.5 Å². The molecule has 0 heterocycles. The minimum absolute atomic E-state index is 0.126. The minimum Gasteiger partial charge on any atom is -0.493 e. The molecule has 0 radical (unpaired) electrons. The van der Waals surface area contributed by atoms with E-state index in [1.54, 1.807) is 0 Å². The van der Waals surface area contributed by atoms with Gasteiger partial charge in [0.15, 0.2) is 0 Å². The largest absolute Gasteiger partial charge is 0.493 e. The fourth-order valence-electron chi connectivity index (χ4n) is 2.67. The van der Waals surface area contributed by atoms with Crippen LogP contribution in [0.1, 0.15) is 76.7 Å². The molecule has 0 bridgehead atoms. The van der Waals surface area contributed by atoms with Gasteiger partial charge >= 0.3 is 5.97 Å². The van der Waals surface area contributed by atoms with Crippen LogP contribution in [0, 0.1) is 6.92 Å². The molecule has 0 saturated heterocycles. The molecule has 0 aliphatic carbocycles. The van der Waals surface area contributed by atoms with Crippen molar-refractivity contribution in [3.05, 3.63) is 28.8 Å². The number of halogens is 1. The molecule has 25 heavy (non-hydrogen) atoms. The van der Waals surface area contributed by atoms with Crippen LogP contribution in [0.4, 0.5) is 0 Å². The lowest BCUT2D eigenvalue weighted by Crippen LogP contribution is -2.08. The average Bonchev–Trinajstić information content (AvgIpc) is 2.59. The Morgan fingerprint density at radius 3 is 2.32 bits per heavy atom. The first-order valence-corrected chi connectivity index (χ1v) is 10.1. The second-order valence-electron chi connectivity index (χ2n) is 6.56. The Labute approximate surface area is 158 Å². The van der Waals surface area contributed by atoms with E-state index in [1.165, 1.54) is 38.5 Å². The van der Waals surface area contributed by atoms with Gasteiger partial charge in [-0.25, -0.2) is 0 Å². The molecule has 0 saturated carbocycles. The van der Waals surface area contributed by atoms with Crippen LogP contribution >= 0.6 is 11.6 Å². The van der Waals surface area contributed by atoms with E-state index >= 15 is 0 Å². The highest BCUT2D eigenvalue weighted by atomic mass is 35.5. The number of hydrogen-bond acceptors (Lipinski definition) is 3. The molecule has 1 rings (SSSR count). The van der Waals surface area contributed by atoms with Crippen LogP contribution in [0.5, 0.6) is 5.75 Å². The summed E-state index contributed by atoms with van der Waals surface area (Å²) in [6.45, 7) is 5.25. The van der Waals surface area contributed by atoms with Gasteiger partial charge in [-0.2, -0.15) is 0 Å². The second kappa shape index (κ2) is 14.0. The fraction of sp³-hybridized carbons (Fsp3) is 0.667. The van der Waals surface area contributed by atoms with Crippen LogP contribution in [-0.2, 0) is 9.53 Å². The summed E-state index contributed by atoms with van der Waals surface area (Å²) in [7, 11) is 0. The van der Waals surface area contributed by atoms with Gasteiger partial charge in [0, 0.05) is 11.4 Å². The summed E-state index contributed by atoms with van der Waals surface area (Å²) in [5.74, 6) is 0.691. The molecule has 0 atom stereocenters. The van der Waals surface area contributed by atoms with Crippen molar-refractivity contribution in [3.63, 3.8) is 0 Å². The standard InChI is InChI=1S/C21H33ClO3/c1-3-4-5-6-7-8-9-10-15-25-21(23)12-11-16-24-20-14-13-19(22)17-18(20)2/h13-14,17H,3-12,15-16H2,1-2H3. The van der Waals surface area contributed by atoms with Crippen molar-refractivity contribution >= 4 is 17.6 Å². The molecule has 0 N–H and O–H groups in total. The fourth-order valence-corrected chi connectivity index (χ4v) is 2.89. The van der Waals surface area contributed by atoms with Gasteiger partial charge in [-0.3, -0.25) is 4.79 Å². The quantitative estimate of drug-likeness (QED) is 0.278. The van der Waals surface area contributed by atoms with Crippen LogP contribution < -0.4 is 4.74 Å². The maximum Gasteiger partial charge on any atom is 0.305 e. The van der Waals surface area contributed by atoms with Crippen molar-refractivity contribution in [1.82, 2.24) is 0 Å². The van der Waals surface area contributed by atoms with E-state index in [0.717, 1.165) is 24.2 Å². The summed E-state index contributed by atoms with van der Waals surface area (Å²) in [6, 6.07) is 5.54. The SMILES string of the molecule is CCCCCCCCCCOC(=O)CCCOc1ccc(Cl)cc1C. The van der Waals surface area contributed by atoms with E-state index in [4.69, 9.17) is 21.1 Å². The monoisotopic (exact) mass is 368 g/mol. The van der Waals surface area contributed by atoms with Crippen LogP contribution in [0.15, 0.2) is 18.2 Å². The van der Waals surface area contributed by atoms with Crippen molar-refractivity contribution in [1.29, 1.82) is 0 Å². The Kier molecular flexibility index (Phi) is 12.2. The molecular weight excluding hydrogens is 336 g/mol. The lowest BCUT2D eigenvalue weighted by molar-refractivity contribution is -0.144. The third-order valence-electron chi connectivity index (χ3n) is 4.18. The molecule has 0 aromatic heterocycles. The Morgan fingerprint density at radius 1 is 0.960 bits per heavy atom. The van der Waals surface area contributed by atoms with Gasteiger partial charge < -0.3 is 9.47 Å². The van der Waals surface area contributed by atoms with E-state index in [2.05, 4.69) is 6.92 Å². The Bertz CT molecular complexity index is 488. The second-order valence-corrected chi connectivity index (χ2v) is 6.99. The van der Waals surface area contributed by atoms with Crippen molar-refractivity contribution in [2.75, 3.05) is 13.2 Å². The first kappa shape index (κ1) is 21.8. The summed E-state index contributed by atoms with van der Waals surface area (Å²) < 4.78 is 10.9. The van der Waals surface area contributed by atoms with Gasteiger partial charge in [-0.05, 0) is 43.5 Å². The highest BCUT2D eigenvalue weighted by Crippen LogP contribution is 2.21. The topological polar surface area (TPSA) is 35.5 Å². The number of rotatable bonds is 14. The Balaban J connectivity index is 1.95. The van der Waals surface area contributed by atoms with E-state index in [0.29, 0.717) is 31.1 Å². The number of esters is 1. The van der Waals surface area contributed by atoms with E-state index in [9.17, 15) is 4.79 Å². The summed E-state index contributed by atoms with van der Waals surface area (Å²) in [5.41, 5.74) is 1.00. The number of hydrogen-bond donors (Lipinski definition) is 0. The van der Waals surface area contributed by atoms with Gasteiger partial charge in [0.2, 0.25) is 0 Å². The predicted octanol–water partition coefficient (Wildman–Crippen LogP) is 6.49. The van der Waals surface area contributed by atoms with Crippen LogP contribution in [0.2, 0.25) is 5.02 Å². The van der Waals surface area contributed by atoms with E-state index in [-0.39, 0.29) is 5.97 Å². The third-order valence-corrected chi connectivity index (χ3v) is 4.42. The molecule has 0 amide bonds. The van der Waals surface area contributed by atoms with Crippen molar-refractivity contribution in [2.45, 2.75) is 78.1 Å². The van der Waals surface area contributed by atoms with Crippen molar-refractivity contribution in [2.24, 2.45) is 0 Å². The maximum atomic E-state index is 11.7. The van der Waals surface area contributed by atoms with Crippen LogP contribution in [-0.4, -0.2) is 19.2 Å². The summed E-state index contributed by atoms with van der Waals surface area (Å²) in [5, 5.41) is 0.703. The first-order valence-electron chi connectivity index (χ1n) is 9.68. The lowest BCUT2D eigenvalue weighted by atomic mass is 10.1. The molecule has 142 valence electrons. The molecule has 1 aromatic carbocycles. The van der Waals surface area contributed by atoms with Crippen LogP contribution in [0.3, 0.4) is 0 Å². The van der Waals surface area contributed by atoms with Gasteiger partial charge in [0.05, 0.1) is 13.2 Å². The molecule has 0 unspecified atom stereocenters.